The Kier molecular flexibility index (Phi) is 2.62. The van der Waals surface area contributed by atoms with Gasteiger partial charge in [-0.2, -0.15) is 5.10 Å². The Morgan fingerprint density at radius 3 is 2.76 bits per heavy atom. The van der Waals surface area contributed by atoms with Gasteiger partial charge in [0.1, 0.15) is 11.3 Å². The second kappa shape index (κ2) is 4.02. The zero-order chi connectivity index (χ0) is 12.0. The first-order chi connectivity index (χ1) is 8.22. The predicted octanol–water partition coefficient (Wildman–Crippen LogP) is 2.58. The summed E-state index contributed by atoms with van der Waals surface area (Å²) < 4.78 is 4.31. The highest BCUT2D eigenvalue weighted by Gasteiger charge is 2.26. The van der Waals surface area contributed by atoms with E-state index in [1.54, 1.807) is 0 Å². The Bertz CT molecular complexity index is 550. The molecule has 1 fully saturated rings. The minimum atomic E-state index is 0.605. The van der Waals surface area contributed by atoms with E-state index in [0.717, 1.165) is 29.1 Å². The smallest absolute Gasteiger partial charge is 0.158 e. The summed E-state index contributed by atoms with van der Waals surface area (Å²) in [5.41, 5.74) is 3.21. The molecule has 2 heterocycles. The number of hydrogen-bond acceptors (Lipinski definition) is 2. The van der Waals surface area contributed by atoms with Crippen molar-refractivity contribution in [1.29, 1.82) is 0 Å². The van der Waals surface area contributed by atoms with E-state index in [4.69, 9.17) is 16.6 Å². The van der Waals surface area contributed by atoms with Gasteiger partial charge in [0.2, 0.25) is 0 Å². The third-order valence-corrected chi connectivity index (χ3v) is 3.86. The molecule has 1 aliphatic rings. The maximum Gasteiger partial charge on any atom is 0.158 e. The Morgan fingerprint density at radius 2 is 2.18 bits per heavy atom. The molecule has 3 rings (SSSR count). The maximum absolute atomic E-state index is 5.87. The zero-order valence-electron chi connectivity index (χ0n) is 10.3. The number of rotatable bonds is 3. The van der Waals surface area contributed by atoms with Gasteiger partial charge in [0, 0.05) is 25.4 Å². The predicted molar refractivity (Wildman–Crippen MR) is 68.5 cm³/mol. The van der Waals surface area contributed by atoms with Crippen molar-refractivity contribution in [2.45, 2.75) is 38.6 Å². The Morgan fingerprint density at radius 1 is 1.41 bits per heavy atom. The van der Waals surface area contributed by atoms with Crippen molar-refractivity contribution in [2.75, 3.05) is 5.88 Å². The monoisotopic (exact) mass is 252 g/mol. The normalized spacial score (nSPS) is 16.6. The largest absolute Gasteiger partial charge is 0.310 e. The number of hydrogen-bond donors (Lipinski definition) is 0. The number of imidazole rings is 1. The summed E-state index contributed by atoms with van der Waals surface area (Å²) in [6.45, 7) is 2.02. The molecule has 5 heteroatoms. The number of halogens is 1. The van der Waals surface area contributed by atoms with Gasteiger partial charge in [-0.3, -0.25) is 4.68 Å². The van der Waals surface area contributed by atoms with E-state index >= 15 is 0 Å². The van der Waals surface area contributed by atoms with Crippen LogP contribution in [0.3, 0.4) is 0 Å². The van der Waals surface area contributed by atoms with Crippen molar-refractivity contribution >= 4 is 22.8 Å². The summed E-state index contributed by atoms with van der Waals surface area (Å²) in [6, 6.07) is 0.605. The van der Waals surface area contributed by atoms with Gasteiger partial charge in [0.15, 0.2) is 5.65 Å². The molecular weight excluding hydrogens is 236 g/mol. The highest BCUT2D eigenvalue weighted by atomic mass is 35.5. The van der Waals surface area contributed by atoms with Crippen LogP contribution in [0.25, 0.3) is 11.2 Å². The van der Waals surface area contributed by atoms with E-state index in [2.05, 4.69) is 9.67 Å². The molecule has 0 aromatic carbocycles. The first-order valence-electron chi connectivity index (χ1n) is 6.18. The molecular formula is C12H17ClN4. The van der Waals surface area contributed by atoms with E-state index in [-0.39, 0.29) is 0 Å². The molecule has 0 atom stereocenters. The Balaban J connectivity index is 2.21. The minimum absolute atomic E-state index is 0.605. The molecule has 4 nitrogen and oxygen atoms in total. The average Bonchev–Trinajstić information content (AvgIpc) is 2.68. The molecule has 92 valence electrons. The lowest BCUT2D eigenvalue weighted by molar-refractivity contribution is 0.310. The molecule has 0 aliphatic heterocycles. The quantitative estimate of drug-likeness (QED) is 0.788. The second-order valence-electron chi connectivity index (χ2n) is 4.80. The van der Waals surface area contributed by atoms with Gasteiger partial charge in [-0.25, -0.2) is 4.98 Å². The first kappa shape index (κ1) is 11.1. The van der Waals surface area contributed by atoms with E-state index < -0.39 is 0 Å². The maximum atomic E-state index is 5.87. The molecule has 0 amide bonds. The number of aryl methyl sites for hydroxylation is 3. The summed E-state index contributed by atoms with van der Waals surface area (Å²) in [5.74, 6) is 1.75. The van der Waals surface area contributed by atoms with Crippen molar-refractivity contribution in [3.05, 3.63) is 11.5 Å². The molecule has 0 spiro atoms. The molecule has 1 aliphatic carbocycles. The average molecular weight is 253 g/mol. The van der Waals surface area contributed by atoms with Gasteiger partial charge in [-0.1, -0.05) is 0 Å². The fourth-order valence-electron chi connectivity index (χ4n) is 2.63. The number of nitrogens with zero attached hydrogens (tertiary/aromatic N) is 4. The number of aromatic nitrogens is 4. The second-order valence-corrected chi connectivity index (χ2v) is 5.18. The number of fused-ring (bicyclic) bond motifs is 1. The van der Waals surface area contributed by atoms with Crippen molar-refractivity contribution < 1.29 is 0 Å². The lowest BCUT2D eigenvalue weighted by Gasteiger charge is -2.29. The summed E-state index contributed by atoms with van der Waals surface area (Å²) in [5, 5.41) is 4.45. The van der Waals surface area contributed by atoms with Crippen LogP contribution in [0.5, 0.6) is 0 Å². The highest BCUT2D eigenvalue weighted by molar-refractivity contribution is 6.17. The van der Waals surface area contributed by atoms with Gasteiger partial charge in [0.25, 0.3) is 0 Å². The third-order valence-electron chi connectivity index (χ3n) is 3.67. The van der Waals surface area contributed by atoms with Gasteiger partial charge < -0.3 is 4.57 Å². The SMILES string of the molecule is Cc1nn(C)c2c1nc(CCCl)n2C1CCC1. The van der Waals surface area contributed by atoms with E-state index in [9.17, 15) is 0 Å². The van der Waals surface area contributed by atoms with Crippen LogP contribution in [0.2, 0.25) is 0 Å². The van der Waals surface area contributed by atoms with Crippen molar-refractivity contribution in [2.24, 2.45) is 7.05 Å². The van der Waals surface area contributed by atoms with Crippen molar-refractivity contribution in [3.63, 3.8) is 0 Å². The lowest BCUT2D eigenvalue weighted by Crippen LogP contribution is -2.20. The fourth-order valence-corrected chi connectivity index (χ4v) is 2.80. The van der Waals surface area contributed by atoms with Crippen LogP contribution < -0.4 is 0 Å². The van der Waals surface area contributed by atoms with Crippen LogP contribution in [-0.4, -0.2) is 25.2 Å². The van der Waals surface area contributed by atoms with E-state index in [1.807, 2.05) is 18.7 Å². The standard InChI is InChI=1S/C12H17ClN4/c1-8-11-12(16(2)15-8)17(9-4-3-5-9)10(14-11)6-7-13/h9H,3-7H2,1-2H3. The minimum Gasteiger partial charge on any atom is -0.310 e. The van der Waals surface area contributed by atoms with E-state index in [0.29, 0.717) is 11.9 Å². The van der Waals surface area contributed by atoms with Crippen LogP contribution in [0, 0.1) is 6.92 Å². The third kappa shape index (κ3) is 1.58. The van der Waals surface area contributed by atoms with Gasteiger partial charge >= 0.3 is 0 Å². The summed E-state index contributed by atoms with van der Waals surface area (Å²) in [6.07, 6.45) is 4.67. The highest BCUT2D eigenvalue weighted by Crippen LogP contribution is 2.36. The van der Waals surface area contributed by atoms with Gasteiger partial charge in [-0.05, 0) is 26.2 Å². The Labute approximate surface area is 106 Å². The Hall–Kier alpha value is -1.03. The summed E-state index contributed by atoms with van der Waals surface area (Å²) >= 11 is 5.87. The number of alkyl halides is 1. The molecule has 0 N–H and O–H groups in total. The summed E-state index contributed by atoms with van der Waals surface area (Å²) in [4.78, 5) is 4.72. The molecule has 2 aromatic heterocycles. The zero-order valence-corrected chi connectivity index (χ0v) is 11.0. The first-order valence-corrected chi connectivity index (χ1v) is 6.72. The molecule has 2 aromatic rings. The molecule has 1 saturated carbocycles. The molecule has 0 unspecified atom stereocenters. The topological polar surface area (TPSA) is 35.6 Å². The fraction of sp³-hybridized carbons (Fsp3) is 0.667. The van der Waals surface area contributed by atoms with Crippen LogP contribution in [0.1, 0.15) is 36.8 Å². The van der Waals surface area contributed by atoms with E-state index in [1.165, 1.54) is 19.3 Å². The summed E-state index contributed by atoms with van der Waals surface area (Å²) in [7, 11) is 2.00. The van der Waals surface area contributed by atoms with Crippen LogP contribution in [0.4, 0.5) is 0 Å². The molecule has 0 radical (unpaired) electrons. The van der Waals surface area contributed by atoms with Crippen molar-refractivity contribution in [1.82, 2.24) is 19.3 Å². The van der Waals surface area contributed by atoms with Crippen LogP contribution >= 0.6 is 11.6 Å². The molecule has 0 bridgehead atoms. The van der Waals surface area contributed by atoms with Crippen molar-refractivity contribution in [3.8, 4) is 0 Å². The molecule has 0 saturated heterocycles. The molecule has 17 heavy (non-hydrogen) atoms. The van der Waals surface area contributed by atoms with Crippen LogP contribution in [0.15, 0.2) is 0 Å². The lowest BCUT2D eigenvalue weighted by atomic mass is 9.92. The van der Waals surface area contributed by atoms with Crippen LogP contribution in [-0.2, 0) is 13.5 Å². The van der Waals surface area contributed by atoms with Gasteiger partial charge in [0.05, 0.1) is 5.69 Å². The van der Waals surface area contributed by atoms with Gasteiger partial charge in [-0.15, -0.1) is 11.6 Å².